The normalized spacial score (nSPS) is 9.80. The quantitative estimate of drug-likeness (QED) is 0.909. The highest BCUT2D eigenvalue weighted by molar-refractivity contribution is 7.15. The second-order valence-corrected chi connectivity index (χ2v) is 4.86. The van der Waals surface area contributed by atoms with Gasteiger partial charge in [0.25, 0.3) is 5.91 Å². The summed E-state index contributed by atoms with van der Waals surface area (Å²) in [7, 11) is 0. The molecule has 0 atom stereocenters. The van der Waals surface area contributed by atoms with Gasteiger partial charge in [0.15, 0.2) is 6.61 Å². The number of hydrogen-bond donors (Lipinski definition) is 1. The van der Waals surface area contributed by atoms with Crippen LogP contribution in [0.3, 0.4) is 0 Å². The number of aryl methyl sites for hydroxylation is 1. The highest BCUT2D eigenvalue weighted by Crippen LogP contribution is 2.17. The molecular weight excluding hydrogens is 276 g/mol. The molecule has 1 amide bonds. The minimum Gasteiger partial charge on any atom is -0.482 e. The maximum Gasteiger partial charge on any atom is 0.264 e. The lowest BCUT2D eigenvalue weighted by Gasteiger charge is -2.06. The lowest BCUT2D eigenvalue weighted by Crippen LogP contribution is -2.20. The van der Waals surface area contributed by atoms with Crippen molar-refractivity contribution >= 4 is 22.4 Å². The fraction of sp³-hybridized carbons (Fsp3) is 0.231. The Bertz CT molecular complexity index is 648. The summed E-state index contributed by atoms with van der Waals surface area (Å²) < 4.78 is 5.32. The van der Waals surface area contributed by atoms with Crippen molar-refractivity contribution in [2.45, 2.75) is 13.3 Å². The van der Waals surface area contributed by atoms with Gasteiger partial charge in [0, 0.05) is 0 Å². The molecule has 0 aliphatic heterocycles. The molecule has 0 fully saturated rings. The SMILES string of the molecule is CCc1nnc(NC(=O)COc2ccccc2C#N)s1. The molecule has 6 nitrogen and oxygen atoms in total. The first-order valence-corrected chi connectivity index (χ1v) is 6.78. The van der Waals surface area contributed by atoms with Gasteiger partial charge in [0.1, 0.15) is 16.8 Å². The van der Waals surface area contributed by atoms with Crippen molar-refractivity contribution in [3.8, 4) is 11.8 Å². The molecule has 7 heteroatoms. The average Bonchev–Trinajstić information content (AvgIpc) is 2.93. The summed E-state index contributed by atoms with van der Waals surface area (Å²) in [5, 5.41) is 20.6. The van der Waals surface area contributed by atoms with Gasteiger partial charge in [-0.15, -0.1) is 10.2 Å². The Balaban J connectivity index is 1.91. The number of ether oxygens (including phenoxy) is 1. The van der Waals surface area contributed by atoms with E-state index in [2.05, 4.69) is 15.5 Å². The molecule has 0 spiro atoms. The molecular formula is C13H12N4O2S. The number of carbonyl (C=O) groups is 1. The first-order valence-electron chi connectivity index (χ1n) is 5.97. The van der Waals surface area contributed by atoms with E-state index in [9.17, 15) is 4.79 Å². The molecule has 2 rings (SSSR count). The van der Waals surface area contributed by atoms with Crippen molar-refractivity contribution in [3.63, 3.8) is 0 Å². The summed E-state index contributed by atoms with van der Waals surface area (Å²) in [5.74, 6) is 0.0493. The Hall–Kier alpha value is -2.46. The van der Waals surface area contributed by atoms with Gasteiger partial charge >= 0.3 is 0 Å². The minimum atomic E-state index is -0.337. The Morgan fingerprint density at radius 3 is 2.95 bits per heavy atom. The van der Waals surface area contributed by atoms with E-state index in [-0.39, 0.29) is 12.5 Å². The molecule has 20 heavy (non-hydrogen) atoms. The Morgan fingerprint density at radius 2 is 2.25 bits per heavy atom. The van der Waals surface area contributed by atoms with E-state index < -0.39 is 0 Å². The molecule has 0 aliphatic carbocycles. The monoisotopic (exact) mass is 288 g/mol. The molecule has 102 valence electrons. The van der Waals surface area contributed by atoms with Crippen molar-refractivity contribution in [1.29, 1.82) is 5.26 Å². The molecule has 0 bridgehead atoms. The Morgan fingerprint density at radius 1 is 1.45 bits per heavy atom. The van der Waals surface area contributed by atoms with Crippen LogP contribution in [0.2, 0.25) is 0 Å². The van der Waals surface area contributed by atoms with Crippen LogP contribution in [-0.4, -0.2) is 22.7 Å². The molecule has 0 aliphatic rings. The van der Waals surface area contributed by atoms with E-state index in [1.807, 2.05) is 13.0 Å². The minimum absolute atomic E-state index is 0.181. The summed E-state index contributed by atoms with van der Waals surface area (Å²) in [4.78, 5) is 11.7. The molecule has 0 saturated heterocycles. The van der Waals surface area contributed by atoms with E-state index in [1.165, 1.54) is 11.3 Å². The number of rotatable bonds is 5. The fourth-order valence-electron chi connectivity index (χ4n) is 1.43. The first-order chi connectivity index (χ1) is 9.72. The van der Waals surface area contributed by atoms with Gasteiger partial charge < -0.3 is 4.74 Å². The molecule has 0 saturated carbocycles. The zero-order valence-electron chi connectivity index (χ0n) is 10.8. The maximum atomic E-state index is 11.7. The third-order valence-corrected chi connectivity index (χ3v) is 3.36. The lowest BCUT2D eigenvalue weighted by molar-refractivity contribution is -0.118. The topological polar surface area (TPSA) is 87.9 Å². The van der Waals surface area contributed by atoms with Crippen molar-refractivity contribution in [1.82, 2.24) is 10.2 Å². The van der Waals surface area contributed by atoms with E-state index in [1.54, 1.807) is 24.3 Å². The van der Waals surface area contributed by atoms with Crippen molar-refractivity contribution in [3.05, 3.63) is 34.8 Å². The molecule has 1 aromatic carbocycles. The standard InChI is InChI=1S/C13H12N4O2S/c1-2-12-16-17-13(20-12)15-11(18)8-19-10-6-4-3-5-9(10)7-14/h3-6H,2,8H2,1H3,(H,15,17,18). The average molecular weight is 288 g/mol. The van der Waals surface area contributed by atoms with Crippen molar-refractivity contribution in [2.75, 3.05) is 11.9 Å². The Kier molecular flexibility index (Phi) is 4.63. The number of nitriles is 1. The van der Waals surface area contributed by atoms with Gasteiger partial charge in [-0.1, -0.05) is 30.4 Å². The van der Waals surface area contributed by atoms with E-state index in [4.69, 9.17) is 10.00 Å². The second-order valence-electron chi connectivity index (χ2n) is 3.80. The number of hydrogen-bond acceptors (Lipinski definition) is 6. The van der Waals surface area contributed by atoms with Crippen LogP contribution in [0.25, 0.3) is 0 Å². The molecule has 0 radical (unpaired) electrons. The molecule has 1 N–H and O–H groups in total. The van der Waals surface area contributed by atoms with Gasteiger partial charge in [0.05, 0.1) is 5.56 Å². The molecule has 1 heterocycles. The summed E-state index contributed by atoms with van der Waals surface area (Å²) >= 11 is 1.33. The van der Waals surface area contributed by atoms with Crippen LogP contribution in [0, 0.1) is 11.3 Å². The smallest absolute Gasteiger partial charge is 0.264 e. The van der Waals surface area contributed by atoms with E-state index in [0.29, 0.717) is 16.4 Å². The van der Waals surface area contributed by atoms with E-state index >= 15 is 0 Å². The van der Waals surface area contributed by atoms with Crippen LogP contribution in [0.1, 0.15) is 17.5 Å². The molecule has 0 unspecified atom stereocenters. The number of aromatic nitrogens is 2. The number of anilines is 1. The number of benzene rings is 1. The van der Waals surface area contributed by atoms with Gasteiger partial charge in [-0.3, -0.25) is 10.1 Å². The number of carbonyl (C=O) groups excluding carboxylic acids is 1. The summed E-state index contributed by atoms with van der Waals surface area (Å²) in [5.41, 5.74) is 0.393. The highest BCUT2D eigenvalue weighted by atomic mass is 32.1. The van der Waals surface area contributed by atoms with Gasteiger partial charge in [0.2, 0.25) is 5.13 Å². The predicted molar refractivity (Wildman–Crippen MR) is 74.6 cm³/mol. The zero-order chi connectivity index (χ0) is 14.4. The van der Waals surface area contributed by atoms with Gasteiger partial charge in [-0.25, -0.2) is 0 Å². The summed E-state index contributed by atoms with van der Waals surface area (Å²) in [6, 6.07) is 8.76. The van der Waals surface area contributed by atoms with E-state index in [0.717, 1.165) is 11.4 Å². The summed E-state index contributed by atoms with van der Waals surface area (Å²) in [6.45, 7) is 1.79. The van der Waals surface area contributed by atoms with Crippen LogP contribution in [-0.2, 0) is 11.2 Å². The van der Waals surface area contributed by atoms with Crippen molar-refractivity contribution < 1.29 is 9.53 Å². The third kappa shape index (κ3) is 3.52. The summed E-state index contributed by atoms with van der Waals surface area (Å²) in [6.07, 6.45) is 0.777. The van der Waals surface area contributed by atoms with Gasteiger partial charge in [-0.05, 0) is 18.6 Å². The highest BCUT2D eigenvalue weighted by Gasteiger charge is 2.09. The number of nitrogens with zero attached hydrogens (tertiary/aromatic N) is 3. The van der Waals surface area contributed by atoms with Crippen LogP contribution < -0.4 is 10.1 Å². The predicted octanol–water partition coefficient (Wildman–Crippen LogP) is 1.99. The van der Waals surface area contributed by atoms with Crippen LogP contribution in [0.4, 0.5) is 5.13 Å². The maximum absolute atomic E-state index is 11.7. The largest absolute Gasteiger partial charge is 0.482 e. The molecule has 2 aromatic rings. The number of nitrogens with one attached hydrogen (secondary N) is 1. The first kappa shape index (κ1) is 14.0. The second kappa shape index (κ2) is 6.63. The number of para-hydroxylation sites is 1. The fourth-order valence-corrected chi connectivity index (χ4v) is 2.13. The van der Waals surface area contributed by atoms with Crippen LogP contribution in [0.5, 0.6) is 5.75 Å². The third-order valence-electron chi connectivity index (χ3n) is 2.38. The Labute approximate surface area is 120 Å². The van der Waals surface area contributed by atoms with Crippen LogP contribution >= 0.6 is 11.3 Å². The lowest BCUT2D eigenvalue weighted by atomic mass is 10.2. The number of amides is 1. The zero-order valence-corrected chi connectivity index (χ0v) is 11.6. The van der Waals surface area contributed by atoms with Crippen molar-refractivity contribution in [2.24, 2.45) is 0 Å². The van der Waals surface area contributed by atoms with Crippen LogP contribution in [0.15, 0.2) is 24.3 Å². The van der Waals surface area contributed by atoms with Gasteiger partial charge in [-0.2, -0.15) is 5.26 Å². The molecule has 1 aromatic heterocycles.